The second-order valence-electron chi connectivity index (χ2n) is 6.32. The molecule has 6 nitrogen and oxygen atoms in total. The molecule has 28 heavy (non-hydrogen) atoms. The molecule has 1 atom stereocenters. The van der Waals surface area contributed by atoms with Crippen molar-refractivity contribution in [2.45, 2.75) is 17.5 Å². The molecule has 0 N–H and O–H groups in total. The minimum atomic E-state index is -0.582. The minimum absolute atomic E-state index is 0.108. The van der Waals surface area contributed by atoms with E-state index in [4.69, 9.17) is 9.26 Å². The van der Waals surface area contributed by atoms with Gasteiger partial charge in [0, 0.05) is 16.5 Å². The number of carbonyl (C=O) groups is 1. The first-order valence-corrected chi connectivity index (χ1v) is 9.84. The molecule has 8 heteroatoms. The number of cyclic esters (lactones) is 1. The van der Waals surface area contributed by atoms with Gasteiger partial charge in [0.15, 0.2) is 0 Å². The second-order valence-corrected chi connectivity index (χ2v) is 7.20. The summed E-state index contributed by atoms with van der Waals surface area (Å²) < 4.78 is 26.1. The second kappa shape index (κ2) is 7.55. The molecule has 2 aromatic carbocycles. The Labute approximate surface area is 164 Å². The summed E-state index contributed by atoms with van der Waals surface area (Å²) in [6.45, 7) is 0.309. The molecule has 1 fully saturated rings. The van der Waals surface area contributed by atoms with E-state index in [-0.39, 0.29) is 18.6 Å². The van der Waals surface area contributed by atoms with E-state index in [1.54, 1.807) is 23.9 Å². The first-order valence-electron chi connectivity index (χ1n) is 8.62. The summed E-state index contributed by atoms with van der Waals surface area (Å²) in [5.74, 6) is -0.423. The Bertz CT molecular complexity index is 1060. The number of anilines is 1. The van der Waals surface area contributed by atoms with Gasteiger partial charge in [0.2, 0.25) is 0 Å². The molecule has 144 valence electrons. The van der Waals surface area contributed by atoms with Crippen LogP contribution in [0.5, 0.6) is 0 Å². The molecule has 0 aliphatic carbocycles. The van der Waals surface area contributed by atoms with Crippen LogP contribution in [-0.4, -0.2) is 29.7 Å². The Morgan fingerprint density at radius 2 is 1.93 bits per heavy atom. The van der Waals surface area contributed by atoms with E-state index in [1.165, 1.54) is 23.3 Å². The number of hydrogen-bond acceptors (Lipinski definition) is 5. The van der Waals surface area contributed by atoms with Crippen molar-refractivity contribution in [1.82, 2.24) is 4.74 Å². The van der Waals surface area contributed by atoms with Crippen molar-refractivity contribution < 1.29 is 18.4 Å². The van der Waals surface area contributed by atoms with Crippen molar-refractivity contribution in [2.75, 3.05) is 17.7 Å². The largest absolute Gasteiger partial charge is 0.442 e. The van der Waals surface area contributed by atoms with E-state index in [9.17, 15) is 14.0 Å². The van der Waals surface area contributed by atoms with E-state index in [1.807, 2.05) is 30.5 Å². The molecule has 3 aromatic rings. The van der Waals surface area contributed by atoms with Crippen molar-refractivity contribution in [3.05, 3.63) is 71.0 Å². The van der Waals surface area contributed by atoms with Crippen molar-refractivity contribution in [3.63, 3.8) is 0 Å². The number of carbonyl (C=O) groups excluding carboxylic acids is 1. The van der Waals surface area contributed by atoms with Gasteiger partial charge in [-0.3, -0.25) is 9.69 Å². The third kappa shape index (κ3) is 3.55. The van der Waals surface area contributed by atoms with Crippen molar-refractivity contribution in [3.8, 4) is 11.1 Å². The molecule has 1 saturated heterocycles. The van der Waals surface area contributed by atoms with Gasteiger partial charge in [-0.25, -0.2) is 9.18 Å². The lowest BCUT2D eigenvalue weighted by Crippen LogP contribution is -2.28. The Hall–Kier alpha value is -3.00. The van der Waals surface area contributed by atoms with Gasteiger partial charge in [0.1, 0.15) is 18.2 Å². The van der Waals surface area contributed by atoms with Gasteiger partial charge < -0.3 is 9.26 Å². The lowest BCUT2D eigenvalue weighted by atomic mass is 10.0. The summed E-state index contributed by atoms with van der Waals surface area (Å²) in [6.07, 6.45) is 2.12. The van der Waals surface area contributed by atoms with E-state index in [0.29, 0.717) is 11.3 Å². The maximum Gasteiger partial charge on any atom is 0.414 e. The molecule has 1 aliphatic rings. The highest BCUT2D eigenvalue weighted by molar-refractivity contribution is 7.98. The monoisotopic (exact) mass is 400 g/mol. The van der Waals surface area contributed by atoms with Crippen LogP contribution < -0.4 is 10.5 Å². The smallest absolute Gasteiger partial charge is 0.414 e. The molecular weight excluding hydrogens is 383 g/mol. The van der Waals surface area contributed by atoms with Crippen LogP contribution in [0.1, 0.15) is 0 Å². The van der Waals surface area contributed by atoms with Crippen LogP contribution in [0.15, 0.2) is 69.0 Å². The van der Waals surface area contributed by atoms with Crippen molar-refractivity contribution >= 4 is 23.5 Å². The molecule has 0 saturated carbocycles. The lowest BCUT2D eigenvalue weighted by Gasteiger charge is -2.14. The summed E-state index contributed by atoms with van der Waals surface area (Å²) in [5.41, 5.74) is 1.32. The van der Waals surface area contributed by atoms with Gasteiger partial charge in [-0.1, -0.05) is 12.1 Å². The molecule has 1 amide bonds. The van der Waals surface area contributed by atoms with Crippen molar-refractivity contribution in [2.24, 2.45) is 0 Å². The van der Waals surface area contributed by atoms with Gasteiger partial charge in [-0.2, -0.15) is 4.74 Å². The van der Waals surface area contributed by atoms with Gasteiger partial charge >= 0.3 is 6.09 Å². The number of halogens is 1. The quantitative estimate of drug-likeness (QED) is 0.606. The van der Waals surface area contributed by atoms with Gasteiger partial charge in [0.05, 0.1) is 18.8 Å². The van der Waals surface area contributed by atoms with Gasteiger partial charge in [-0.05, 0) is 42.2 Å². The number of rotatable bonds is 5. The van der Waals surface area contributed by atoms with Crippen LogP contribution in [0, 0.1) is 5.82 Å². The summed E-state index contributed by atoms with van der Waals surface area (Å²) in [5, 5.41) is 0. The van der Waals surface area contributed by atoms with Gasteiger partial charge in [-0.15, -0.1) is 11.8 Å². The van der Waals surface area contributed by atoms with E-state index >= 15 is 0 Å². The molecular formula is C20H17FN2O4S. The molecule has 1 unspecified atom stereocenters. The first-order chi connectivity index (χ1) is 13.5. The number of aromatic nitrogens is 1. The average Bonchev–Trinajstić information content (AvgIpc) is 3.27. The summed E-state index contributed by atoms with van der Waals surface area (Å²) in [4.78, 5) is 26.2. The maximum atomic E-state index is 14.7. The Kier molecular flexibility index (Phi) is 4.95. The summed E-state index contributed by atoms with van der Waals surface area (Å²) in [6, 6.07) is 13.5. The lowest BCUT2D eigenvalue weighted by molar-refractivity contribution is 0.107. The molecule has 1 aromatic heterocycles. The Morgan fingerprint density at radius 3 is 2.57 bits per heavy atom. The topological polar surface area (TPSA) is 64.7 Å². The minimum Gasteiger partial charge on any atom is -0.442 e. The SMILES string of the molecule is CSc1ccc(-c2ccc(N3CC(Cn4occc4=O)OC3=O)cc2F)cc1. The van der Waals surface area contributed by atoms with E-state index in [2.05, 4.69) is 0 Å². The highest BCUT2D eigenvalue weighted by Crippen LogP contribution is 2.30. The third-order valence-corrected chi connectivity index (χ3v) is 5.30. The molecule has 0 radical (unpaired) electrons. The van der Waals surface area contributed by atoms with Crippen molar-refractivity contribution in [1.29, 1.82) is 0 Å². The fraction of sp³-hybridized carbons (Fsp3) is 0.200. The third-order valence-electron chi connectivity index (χ3n) is 4.55. The number of amides is 1. The highest BCUT2D eigenvalue weighted by Gasteiger charge is 2.33. The molecule has 1 aliphatic heterocycles. The average molecular weight is 400 g/mol. The number of thioether (sulfide) groups is 1. The summed E-state index contributed by atoms with van der Waals surface area (Å²) >= 11 is 1.62. The molecule has 0 spiro atoms. The highest BCUT2D eigenvalue weighted by atomic mass is 32.2. The molecule has 0 bridgehead atoms. The number of benzene rings is 2. The Morgan fingerprint density at radius 1 is 1.14 bits per heavy atom. The van der Waals surface area contributed by atoms with Crippen LogP contribution >= 0.6 is 11.8 Å². The zero-order valence-electron chi connectivity index (χ0n) is 15.0. The molecule has 2 heterocycles. The van der Waals surface area contributed by atoms with Crippen LogP contribution in [0.2, 0.25) is 0 Å². The van der Waals surface area contributed by atoms with E-state index in [0.717, 1.165) is 15.2 Å². The standard InChI is InChI=1S/C20H17FN2O4S/c1-28-16-5-2-13(3-6-16)17-7-4-14(10-18(17)21)22-11-15(27-20(22)25)12-23-19(24)8-9-26-23/h2-10,15H,11-12H2,1H3. The van der Waals surface area contributed by atoms with Crippen LogP contribution in [0.3, 0.4) is 0 Å². The maximum absolute atomic E-state index is 14.7. The number of ether oxygens (including phenoxy) is 1. The zero-order valence-corrected chi connectivity index (χ0v) is 15.8. The fourth-order valence-electron chi connectivity index (χ4n) is 3.12. The van der Waals surface area contributed by atoms with Crippen LogP contribution in [0.4, 0.5) is 14.9 Å². The van der Waals surface area contributed by atoms with Gasteiger partial charge in [0.25, 0.3) is 5.56 Å². The number of nitrogens with zero attached hydrogens (tertiary/aromatic N) is 2. The Balaban J connectivity index is 1.52. The predicted octanol–water partition coefficient (Wildman–Crippen LogP) is 3.99. The fourth-order valence-corrected chi connectivity index (χ4v) is 3.53. The van der Waals surface area contributed by atoms with Crippen LogP contribution in [0.25, 0.3) is 11.1 Å². The predicted molar refractivity (Wildman–Crippen MR) is 104 cm³/mol. The normalized spacial score (nSPS) is 16.4. The van der Waals surface area contributed by atoms with Crippen LogP contribution in [-0.2, 0) is 11.3 Å². The molecule has 4 rings (SSSR count). The van der Waals surface area contributed by atoms with E-state index < -0.39 is 18.0 Å². The number of hydrogen-bond donors (Lipinski definition) is 0. The zero-order chi connectivity index (χ0) is 19.7. The summed E-state index contributed by atoms with van der Waals surface area (Å²) in [7, 11) is 0. The first kappa shape index (κ1) is 18.4.